The molecule has 29 heavy (non-hydrogen) atoms. The summed E-state index contributed by atoms with van der Waals surface area (Å²) >= 11 is 0. The molecule has 0 aromatic heterocycles. The first-order valence-electron chi connectivity index (χ1n) is 10.1. The van der Waals surface area contributed by atoms with Crippen LogP contribution in [-0.2, 0) is 0 Å². The number of ether oxygens (including phenoxy) is 2. The maximum Gasteiger partial charge on any atom is 0.200 e. The number of hydrogen-bond donors (Lipinski definition) is 1. The summed E-state index contributed by atoms with van der Waals surface area (Å²) in [5.41, 5.74) is 0.880. The Hall–Kier alpha value is -2.21. The second-order valence-corrected chi connectivity index (χ2v) is 7.61. The van der Waals surface area contributed by atoms with Crippen LogP contribution in [0.15, 0.2) is 30.3 Å². The lowest BCUT2D eigenvalue weighted by Gasteiger charge is -2.29. The molecule has 1 fully saturated rings. The second kappa shape index (κ2) is 9.53. The van der Waals surface area contributed by atoms with Gasteiger partial charge in [-0.15, -0.1) is 0 Å². The van der Waals surface area contributed by atoms with Crippen LogP contribution in [-0.4, -0.2) is 18.3 Å². The summed E-state index contributed by atoms with van der Waals surface area (Å²) in [6.45, 7) is 3.92. The molecule has 1 aliphatic rings. The minimum absolute atomic E-state index is 0.0852. The third-order valence-electron chi connectivity index (χ3n) is 5.58. The Morgan fingerprint density at radius 1 is 0.966 bits per heavy atom. The van der Waals surface area contributed by atoms with Crippen LogP contribution in [0.1, 0.15) is 62.7 Å². The minimum atomic E-state index is -1.08. The molecule has 0 bridgehead atoms. The molecule has 1 atom stereocenters. The van der Waals surface area contributed by atoms with E-state index >= 15 is 0 Å². The average molecular weight is 408 g/mol. The molecule has 2 aromatic rings. The standard InChI is InChI=1S/C23H27F3O3/c1-3-28-20-10-8-17(12-19(20)24)16-6-4-15(5-7-16)13-29-21-11-9-18(14(2)27)22(25)23(21)26/h8-12,14-16,27H,3-7,13H2,1-2H3. The first kappa shape index (κ1) is 21.5. The summed E-state index contributed by atoms with van der Waals surface area (Å²) in [4.78, 5) is 0. The average Bonchev–Trinajstić information content (AvgIpc) is 2.71. The van der Waals surface area contributed by atoms with E-state index in [-0.39, 0.29) is 34.7 Å². The van der Waals surface area contributed by atoms with Crippen LogP contribution in [0, 0.1) is 23.4 Å². The minimum Gasteiger partial charge on any atom is -0.491 e. The molecule has 3 rings (SSSR count). The SMILES string of the molecule is CCOc1ccc(C2CCC(COc3ccc(C(C)O)c(F)c3F)CC2)cc1F. The van der Waals surface area contributed by atoms with Crippen LogP contribution in [0.4, 0.5) is 13.2 Å². The van der Waals surface area contributed by atoms with Gasteiger partial charge in [0, 0.05) is 5.56 Å². The molecule has 1 aliphatic carbocycles. The number of rotatable bonds is 7. The highest BCUT2D eigenvalue weighted by molar-refractivity contribution is 5.33. The summed E-state index contributed by atoms with van der Waals surface area (Å²) < 4.78 is 53.0. The molecule has 158 valence electrons. The van der Waals surface area contributed by atoms with Crippen molar-refractivity contribution in [3.8, 4) is 11.5 Å². The predicted octanol–water partition coefficient (Wildman–Crippen LogP) is 5.91. The number of benzene rings is 2. The van der Waals surface area contributed by atoms with Gasteiger partial charge >= 0.3 is 0 Å². The quantitative estimate of drug-likeness (QED) is 0.619. The van der Waals surface area contributed by atoms with Crippen molar-refractivity contribution in [2.24, 2.45) is 5.92 Å². The Kier molecular flexibility index (Phi) is 7.06. The lowest BCUT2D eigenvalue weighted by atomic mass is 9.79. The molecule has 0 radical (unpaired) electrons. The van der Waals surface area contributed by atoms with E-state index in [0.717, 1.165) is 31.2 Å². The number of aliphatic hydroxyl groups excluding tert-OH is 1. The topological polar surface area (TPSA) is 38.7 Å². The van der Waals surface area contributed by atoms with Crippen LogP contribution in [0.5, 0.6) is 11.5 Å². The van der Waals surface area contributed by atoms with Gasteiger partial charge in [-0.05, 0) is 81.2 Å². The van der Waals surface area contributed by atoms with Gasteiger partial charge in [-0.2, -0.15) is 4.39 Å². The number of aliphatic hydroxyl groups is 1. The van der Waals surface area contributed by atoms with E-state index in [1.54, 1.807) is 12.1 Å². The van der Waals surface area contributed by atoms with Crippen molar-refractivity contribution in [2.75, 3.05) is 13.2 Å². The van der Waals surface area contributed by atoms with E-state index in [9.17, 15) is 18.3 Å². The number of hydrogen-bond acceptors (Lipinski definition) is 3. The van der Waals surface area contributed by atoms with E-state index in [1.807, 2.05) is 13.0 Å². The van der Waals surface area contributed by atoms with Crippen molar-refractivity contribution in [3.05, 3.63) is 58.9 Å². The molecule has 2 aromatic carbocycles. The fourth-order valence-corrected chi connectivity index (χ4v) is 3.89. The molecule has 1 N–H and O–H groups in total. The zero-order valence-electron chi connectivity index (χ0n) is 16.8. The van der Waals surface area contributed by atoms with Gasteiger partial charge in [0.1, 0.15) is 0 Å². The summed E-state index contributed by atoms with van der Waals surface area (Å²) in [5, 5.41) is 9.45. The molecule has 6 heteroatoms. The summed E-state index contributed by atoms with van der Waals surface area (Å²) in [7, 11) is 0. The highest BCUT2D eigenvalue weighted by Crippen LogP contribution is 2.37. The van der Waals surface area contributed by atoms with Gasteiger partial charge in [0.2, 0.25) is 5.82 Å². The maximum absolute atomic E-state index is 14.1. The van der Waals surface area contributed by atoms with Crippen molar-refractivity contribution in [2.45, 2.75) is 51.6 Å². The lowest BCUT2D eigenvalue weighted by Crippen LogP contribution is -2.20. The van der Waals surface area contributed by atoms with Crippen molar-refractivity contribution < 1.29 is 27.8 Å². The summed E-state index contributed by atoms with van der Waals surface area (Å²) in [6, 6.07) is 7.84. The zero-order chi connectivity index (χ0) is 21.0. The zero-order valence-corrected chi connectivity index (χ0v) is 16.8. The normalized spacial score (nSPS) is 20.3. The largest absolute Gasteiger partial charge is 0.491 e. The molecule has 1 unspecified atom stereocenters. The molecule has 0 amide bonds. The Balaban J connectivity index is 1.54. The van der Waals surface area contributed by atoms with Gasteiger partial charge < -0.3 is 14.6 Å². The van der Waals surface area contributed by atoms with Crippen molar-refractivity contribution >= 4 is 0 Å². The van der Waals surface area contributed by atoms with Crippen molar-refractivity contribution in [3.63, 3.8) is 0 Å². The number of halogens is 3. The van der Waals surface area contributed by atoms with E-state index in [1.165, 1.54) is 19.1 Å². The Morgan fingerprint density at radius 3 is 2.28 bits per heavy atom. The molecule has 1 saturated carbocycles. The molecular weight excluding hydrogens is 381 g/mol. The molecule has 0 spiro atoms. The van der Waals surface area contributed by atoms with Gasteiger partial charge in [-0.1, -0.05) is 6.07 Å². The first-order chi connectivity index (χ1) is 13.9. The smallest absolute Gasteiger partial charge is 0.200 e. The highest BCUT2D eigenvalue weighted by atomic mass is 19.2. The van der Waals surface area contributed by atoms with Crippen LogP contribution in [0.2, 0.25) is 0 Å². The van der Waals surface area contributed by atoms with Gasteiger partial charge in [0.15, 0.2) is 23.1 Å². The van der Waals surface area contributed by atoms with Crippen LogP contribution >= 0.6 is 0 Å². The van der Waals surface area contributed by atoms with Crippen LogP contribution in [0.25, 0.3) is 0 Å². The van der Waals surface area contributed by atoms with E-state index < -0.39 is 17.7 Å². The second-order valence-electron chi connectivity index (χ2n) is 7.61. The van der Waals surface area contributed by atoms with E-state index in [0.29, 0.717) is 13.2 Å². The van der Waals surface area contributed by atoms with E-state index in [4.69, 9.17) is 9.47 Å². The molecule has 0 aliphatic heterocycles. The summed E-state index contributed by atoms with van der Waals surface area (Å²) in [5.74, 6) is -1.83. The molecule has 0 heterocycles. The fourth-order valence-electron chi connectivity index (χ4n) is 3.89. The Bertz CT molecular complexity index is 830. The first-order valence-corrected chi connectivity index (χ1v) is 10.1. The maximum atomic E-state index is 14.1. The lowest BCUT2D eigenvalue weighted by molar-refractivity contribution is 0.184. The highest BCUT2D eigenvalue weighted by Gasteiger charge is 2.25. The van der Waals surface area contributed by atoms with Gasteiger partial charge in [0.05, 0.1) is 19.3 Å². The van der Waals surface area contributed by atoms with Gasteiger partial charge in [0.25, 0.3) is 0 Å². The van der Waals surface area contributed by atoms with Gasteiger partial charge in [-0.3, -0.25) is 0 Å². The third-order valence-corrected chi connectivity index (χ3v) is 5.58. The van der Waals surface area contributed by atoms with Crippen LogP contribution < -0.4 is 9.47 Å². The third kappa shape index (κ3) is 5.04. The van der Waals surface area contributed by atoms with Crippen molar-refractivity contribution in [1.29, 1.82) is 0 Å². The molecule has 3 nitrogen and oxygen atoms in total. The Labute approximate surface area is 169 Å². The molecular formula is C23H27F3O3. The van der Waals surface area contributed by atoms with E-state index in [2.05, 4.69) is 0 Å². The Morgan fingerprint density at radius 2 is 1.66 bits per heavy atom. The van der Waals surface area contributed by atoms with Gasteiger partial charge in [-0.25, -0.2) is 8.78 Å². The molecule has 0 saturated heterocycles. The predicted molar refractivity (Wildman–Crippen MR) is 105 cm³/mol. The van der Waals surface area contributed by atoms with Crippen molar-refractivity contribution in [1.82, 2.24) is 0 Å². The fraction of sp³-hybridized carbons (Fsp3) is 0.478. The van der Waals surface area contributed by atoms with Crippen LogP contribution in [0.3, 0.4) is 0 Å². The summed E-state index contributed by atoms with van der Waals surface area (Å²) in [6.07, 6.45) is 2.43. The monoisotopic (exact) mass is 408 g/mol.